The van der Waals surface area contributed by atoms with Gasteiger partial charge in [-0.25, -0.2) is 0 Å². The molecule has 1 aliphatic rings. The summed E-state index contributed by atoms with van der Waals surface area (Å²) < 4.78 is 6.64. The van der Waals surface area contributed by atoms with E-state index < -0.39 is 0 Å². The lowest BCUT2D eigenvalue weighted by molar-refractivity contribution is 0.0974. The number of rotatable bonds is 5. The minimum absolute atomic E-state index is 0.0468. The molecule has 2 rings (SSSR count). The van der Waals surface area contributed by atoms with Crippen molar-refractivity contribution in [3.63, 3.8) is 0 Å². The van der Waals surface area contributed by atoms with Crippen molar-refractivity contribution in [3.8, 4) is 0 Å². The molecule has 94 valence electrons. The molecule has 0 aliphatic carbocycles. The third kappa shape index (κ3) is 2.84. The van der Waals surface area contributed by atoms with Gasteiger partial charge in [0.1, 0.15) is 5.69 Å². The SMILES string of the molecule is COCCn1ncc(Cl)c1C(=O)C1CCCS1. The van der Waals surface area contributed by atoms with Gasteiger partial charge in [-0.3, -0.25) is 9.48 Å². The Balaban J connectivity index is 2.17. The molecule has 0 saturated carbocycles. The Morgan fingerprint density at radius 2 is 2.59 bits per heavy atom. The minimum Gasteiger partial charge on any atom is -0.383 e. The number of ketones is 1. The smallest absolute Gasteiger partial charge is 0.195 e. The number of thioether (sulfide) groups is 1. The zero-order valence-corrected chi connectivity index (χ0v) is 11.3. The van der Waals surface area contributed by atoms with Crippen LogP contribution in [0.4, 0.5) is 0 Å². The van der Waals surface area contributed by atoms with Crippen molar-refractivity contribution in [1.82, 2.24) is 9.78 Å². The number of halogens is 1. The fraction of sp³-hybridized carbons (Fsp3) is 0.636. The molecule has 1 saturated heterocycles. The van der Waals surface area contributed by atoms with Gasteiger partial charge in [0.05, 0.1) is 29.6 Å². The van der Waals surface area contributed by atoms with E-state index in [2.05, 4.69) is 5.10 Å². The monoisotopic (exact) mass is 274 g/mol. The highest BCUT2D eigenvalue weighted by molar-refractivity contribution is 8.00. The van der Waals surface area contributed by atoms with E-state index in [9.17, 15) is 4.79 Å². The Morgan fingerprint density at radius 3 is 3.24 bits per heavy atom. The van der Waals surface area contributed by atoms with Crippen LogP contribution in [0.2, 0.25) is 5.02 Å². The first-order valence-corrected chi connectivity index (χ1v) is 7.02. The van der Waals surface area contributed by atoms with Gasteiger partial charge >= 0.3 is 0 Å². The van der Waals surface area contributed by atoms with Gasteiger partial charge in [0, 0.05) is 7.11 Å². The maximum Gasteiger partial charge on any atom is 0.195 e. The zero-order chi connectivity index (χ0) is 12.3. The molecule has 0 aromatic carbocycles. The molecule has 1 atom stereocenters. The summed E-state index contributed by atoms with van der Waals surface area (Å²) in [5, 5.41) is 4.61. The summed E-state index contributed by atoms with van der Waals surface area (Å²) in [6.45, 7) is 1.08. The molecule has 2 heterocycles. The van der Waals surface area contributed by atoms with Crippen LogP contribution in [-0.4, -0.2) is 40.3 Å². The number of carbonyl (C=O) groups excluding carboxylic acids is 1. The number of hydrogen-bond acceptors (Lipinski definition) is 4. The molecule has 1 aromatic heterocycles. The molecular weight excluding hydrogens is 260 g/mol. The average molecular weight is 275 g/mol. The second kappa shape index (κ2) is 5.89. The standard InChI is InChI=1S/C11H15ClN2O2S/c1-16-5-4-14-10(8(12)7-13-14)11(15)9-3-2-6-17-9/h7,9H,2-6H2,1H3. The fourth-order valence-corrected chi connectivity index (χ4v) is 3.34. The maximum atomic E-state index is 12.3. The fourth-order valence-electron chi connectivity index (χ4n) is 1.89. The van der Waals surface area contributed by atoms with E-state index in [1.807, 2.05) is 0 Å². The van der Waals surface area contributed by atoms with Crippen LogP contribution in [0.3, 0.4) is 0 Å². The summed E-state index contributed by atoms with van der Waals surface area (Å²) >= 11 is 7.75. The third-order valence-electron chi connectivity index (χ3n) is 2.76. The first kappa shape index (κ1) is 12.9. The Hall–Kier alpha value is -0.520. The summed E-state index contributed by atoms with van der Waals surface area (Å²) in [6.07, 6.45) is 3.57. The van der Waals surface area contributed by atoms with Crippen LogP contribution in [0.5, 0.6) is 0 Å². The topological polar surface area (TPSA) is 44.1 Å². The summed E-state index contributed by atoms with van der Waals surface area (Å²) in [6, 6.07) is 0. The van der Waals surface area contributed by atoms with Crippen molar-refractivity contribution in [2.45, 2.75) is 24.6 Å². The lowest BCUT2D eigenvalue weighted by Crippen LogP contribution is -2.21. The molecule has 6 heteroatoms. The summed E-state index contributed by atoms with van der Waals surface area (Å²) in [5.74, 6) is 1.16. The summed E-state index contributed by atoms with van der Waals surface area (Å²) in [5.41, 5.74) is 0.531. The number of Topliss-reactive ketones (excluding diaryl/α,β-unsaturated/α-hetero) is 1. The highest BCUT2D eigenvalue weighted by atomic mass is 35.5. The van der Waals surface area contributed by atoms with Crippen LogP contribution in [-0.2, 0) is 11.3 Å². The van der Waals surface area contributed by atoms with Gasteiger partial charge in [-0.2, -0.15) is 16.9 Å². The third-order valence-corrected chi connectivity index (χ3v) is 4.41. The van der Waals surface area contributed by atoms with E-state index >= 15 is 0 Å². The molecule has 0 amide bonds. The van der Waals surface area contributed by atoms with Crippen molar-refractivity contribution in [3.05, 3.63) is 16.9 Å². The average Bonchev–Trinajstić information content (AvgIpc) is 2.95. The number of hydrogen-bond donors (Lipinski definition) is 0. The molecule has 0 radical (unpaired) electrons. The van der Waals surface area contributed by atoms with Crippen LogP contribution in [0, 0.1) is 0 Å². The van der Waals surface area contributed by atoms with E-state index in [0.717, 1.165) is 18.6 Å². The van der Waals surface area contributed by atoms with E-state index in [0.29, 0.717) is 23.9 Å². The van der Waals surface area contributed by atoms with Gasteiger partial charge in [-0.15, -0.1) is 0 Å². The predicted molar refractivity (Wildman–Crippen MR) is 68.9 cm³/mol. The van der Waals surface area contributed by atoms with Gasteiger partial charge in [-0.1, -0.05) is 11.6 Å². The molecule has 0 bridgehead atoms. The Bertz CT molecular complexity index is 402. The largest absolute Gasteiger partial charge is 0.383 e. The van der Waals surface area contributed by atoms with Crippen molar-refractivity contribution in [1.29, 1.82) is 0 Å². The molecule has 4 nitrogen and oxygen atoms in total. The van der Waals surface area contributed by atoms with E-state index in [1.54, 1.807) is 23.6 Å². The normalized spacial score (nSPS) is 19.8. The first-order valence-electron chi connectivity index (χ1n) is 5.60. The van der Waals surface area contributed by atoms with Gasteiger partial charge in [0.2, 0.25) is 0 Å². The Morgan fingerprint density at radius 1 is 1.76 bits per heavy atom. The van der Waals surface area contributed by atoms with Crippen LogP contribution >= 0.6 is 23.4 Å². The molecule has 1 fully saturated rings. The second-order valence-corrected chi connectivity index (χ2v) is 5.64. The Kier molecular flexibility index (Phi) is 4.48. The van der Waals surface area contributed by atoms with Gasteiger partial charge < -0.3 is 4.74 Å². The Labute approximate surface area is 110 Å². The maximum absolute atomic E-state index is 12.3. The van der Waals surface area contributed by atoms with Crippen LogP contribution in [0.1, 0.15) is 23.3 Å². The second-order valence-electron chi connectivity index (χ2n) is 3.92. The molecular formula is C11H15ClN2O2S. The lowest BCUT2D eigenvalue weighted by atomic mass is 10.1. The highest BCUT2D eigenvalue weighted by Crippen LogP contribution is 2.30. The predicted octanol–water partition coefficient (Wildman–Crippen LogP) is 2.26. The molecule has 1 unspecified atom stereocenters. The summed E-state index contributed by atoms with van der Waals surface area (Å²) in [4.78, 5) is 12.3. The summed E-state index contributed by atoms with van der Waals surface area (Å²) in [7, 11) is 1.62. The first-order chi connectivity index (χ1) is 8.24. The van der Waals surface area contributed by atoms with Crippen molar-refractivity contribution in [2.24, 2.45) is 0 Å². The highest BCUT2D eigenvalue weighted by Gasteiger charge is 2.28. The molecule has 17 heavy (non-hydrogen) atoms. The van der Waals surface area contributed by atoms with Gasteiger partial charge in [0.25, 0.3) is 0 Å². The quantitative estimate of drug-likeness (QED) is 0.773. The number of nitrogens with zero attached hydrogens (tertiary/aromatic N) is 2. The van der Waals surface area contributed by atoms with Crippen LogP contribution in [0.15, 0.2) is 6.20 Å². The van der Waals surface area contributed by atoms with Crippen molar-refractivity contribution in [2.75, 3.05) is 19.5 Å². The van der Waals surface area contributed by atoms with Gasteiger partial charge in [-0.05, 0) is 18.6 Å². The lowest BCUT2D eigenvalue weighted by Gasteiger charge is -2.10. The molecule has 1 aliphatic heterocycles. The molecule has 0 N–H and O–H groups in total. The van der Waals surface area contributed by atoms with E-state index in [-0.39, 0.29) is 11.0 Å². The number of carbonyl (C=O) groups is 1. The number of aromatic nitrogens is 2. The van der Waals surface area contributed by atoms with Crippen LogP contribution in [0.25, 0.3) is 0 Å². The molecule has 0 spiro atoms. The van der Waals surface area contributed by atoms with E-state index in [4.69, 9.17) is 16.3 Å². The number of ether oxygens (including phenoxy) is 1. The zero-order valence-electron chi connectivity index (χ0n) is 9.69. The van der Waals surface area contributed by atoms with Crippen LogP contribution < -0.4 is 0 Å². The van der Waals surface area contributed by atoms with E-state index in [1.165, 1.54) is 6.20 Å². The minimum atomic E-state index is 0.0468. The van der Waals surface area contributed by atoms with Crippen molar-refractivity contribution < 1.29 is 9.53 Å². The van der Waals surface area contributed by atoms with Crippen molar-refractivity contribution >= 4 is 29.1 Å². The van der Waals surface area contributed by atoms with Gasteiger partial charge in [0.15, 0.2) is 5.78 Å². The number of methoxy groups -OCH3 is 1. The molecule has 1 aromatic rings.